The van der Waals surface area contributed by atoms with E-state index in [0.717, 1.165) is 12.8 Å². The molecule has 160 valence electrons. The number of hydroxylamine groups is 2. The summed E-state index contributed by atoms with van der Waals surface area (Å²) in [5, 5.41) is 35.6. The van der Waals surface area contributed by atoms with E-state index >= 15 is 0 Å². The number of hydrogen-bond donors (Lipinski definition) is 6. The minimum atomic E-state index is -0.954. The zero-order chi connectivity index (χ0) is 20.9. The van der Waals surface area contributed by atoms with Crippen molar-refractivity contribution in [1.29, 1.82) is 0 Å². The summed E-state index contributed by atoms with van der Waals surface area (Å²) in [5.74, 6) is -3.04. The van der Waals surface area contributed by atoms with E-state index in [1.807, 2.05) is 20.8 Å². The van der Waals surface area contributed by atoms with Crippen LogP contribution in [0.25, 0.3) is 0 Å². The minimum absolute atomic E-state index is 0.191. The van der Waals surface area contributed by atoms with Gasteiger partial charge in [-0.2, -0.15) is 11.0 Å². The number of aliphatic hydroxyl groups is 4. The Morgan fingerprint density at radius 2 is 1.33 bits per heavy atom. The molecule has 6 N–H and O–H groups in total. The van der Waals surface area contributed by atoms with Crippen molar-refractivity contribution in [1.82, 2.24) is 11.0 Å². The molecule has 0 bridgehead atoms. The third kappa shape index (κ3) is 11.2. The van der Waals surface area contributed by atoms with Crippen LogP contribution >= 0.6 is 0 Å². The van der Waals surface area contributed by atoms with Crippen molar-refractivity contribution in [3.05, 3.63) is 0 Å². The Balaban J connectivity index is 4.05. The quantitative estimate of drug-likeness (QED) is 0.146. The van der Waals surface area contributed by atoms with Gasteiger partial charge in [-0.25, -0.2) is 9.59 Å². The number of carbonyl (C=O) groups is 2. The zero-order valence-corrected chi connectivity index (χ0v) is 16.3. The molecule has 0 saturated carbocycles. The maximum absolute atomic E-state index is 11.5. The lowest BCUT2D eigenvalue weighted by molar-refractivity contribution is -0.161. The molecule has 0 aliphatic carbocycles. The first-order chi connectivity index (χ1) is 12.7. The van der Waals surface area contributed by atoms with Crippen molar-refractivity contribution in [3.8, 4) is 0 Å². The van der Waals surface area contributed by atoms with Gasteiger partial charge in [0.1, 0.15) is 11.8 Å². The highest BCUT2D eigenvalue weighted by atomic mass is 16.7. The van der Waals surface area contributed by atoms with Crippen LogP contribution in [0.4, 0.5) is 0 Å². The van der Waals surface area contributed by atoms with Gasteiger partial charge in [0.05, 0.1) is 26.4 Å². The van der Waals surface area contributed by atoms with Gasteiger partial charge in [0.25, 0.3) is 0 Å². The largest absolute Gasteiger partial charge is 0.395 e. The molecule has 0 aliphatic heterocycles. The molecule has 0 fully saturated rings. The average Bonchev–Trinajstić information content (AvgIpc) is 2.60. The Kier molecular flexibility index (Phi) is 13.1. The maximum atomic E-state index is 11.5. The molecule has 27 heavy (non-hydrogen) atoms. The van der Waals surface area contributed by atoms with Crippen molar-refractivity contribution in [2.75, 3.05) is 39.5 Å². The summed E-state index contributed by atoms with van der Waals surface area (Å²) in [6.45, 7) is 4.94. The predicted molar refractivity (Wildman–Crippen MR) is 95.7 cm³/mol. The molecule has 0 aliphatic rings. The summed E-state index contributed by atoms with van der Waals surface area (Å²) >= 11 is 0. The molecule has 1 unspecified atom stereocenters. The Labute approximate surface area is 159 Å². The molecule has 0 heterocycles. The number of hydrogen-bond acceptors (Lipinski definition) is 10. The van der Waals surface area contributed by atoms with Crippen LogP contribution < -0.4 is 11.0 Å². The van der Waals surface area contributed by atoms with Crippen LogP contribution in [-0.4, -0.2) is 71.9 Å². The minimum Gasteiger partial charge on any atom is -0.395 e. The predicted octanol–water partition coefficient (Wildman–Crippen LogP) is -1.27. The van der Waals surface area contributed by atoms with Crippen molar-refractivity contribution >= 4 is 11.9 Å². The van der Waals surface area contributed by atoms with E-state index in [0.29, 0.717) is 13.1 Å². The average molecular weight is 394 g/mol. The first-order valence-electron chi connectivity index (χ1n) is 9.01. The highest BCUT2D eigenvalue weighted by Crippen LogP contribution is 2.26. The van der Waals surface area contributed by atoms with Gasteiger partial charge >= 0.3 is 11.9 Å². The Hall–Kier alpha value is -1.30. The molecule has 0 aromatic carbocycles. The highest BCUT2D eigenvalue weighted by molar-refractivity contribution is 5.72. The van der Waals surface area contributed by atoms with E-state index in [1.54, 1.807) is 0 Å². The summed E-state index contributed by atoms with van der Waals surface area (Å²) in [7, 11) is 0. The van der Waals surface area contributed by atoms with E-state index in [2.05, 4.69) is 11.0 Å². The number of carbonyl (C=O) groups excluding carboxylic acids is 2. The number of rotatable bonds is 15. The fraction of sp³-hybridized carbons (Fsp3) is 0.882. The summed E-state index contributed by atoms with van der Waals surface area (Å²) in [5.41, 5.74) is 4.92. The highest BCUT2D eigenvalue weighted by Gasteiger charge is 2.24. The fourth-order valence-electron chi connectivity index (χ4n) is 2.43. The second-order valence-electron chi connectivity index (χ2n) is 7.44. The molecule has 1 atom stereocenters. The lowest BCUT2D eigenvalue weighted by atomic mass is 9.82. The van der Waals surface area contributed by atoms with E-state index in [1.165, 1.54) is 0 Å². The summed E-state index contributed by atoms with van der Waals surface area (Å²) in [4.78, 5) is 32.6. The van der Waals surface area contributed by atoms with Crippen LogP contribution in [0.15, 0.2) is 0 Å². The van der Waals surface area contributed by atoms with Gasteiger partial charge in [-0.05, 0) is 24.2 Å². The molecule has 0 aromatic heterocycles. The second-order valence-corrected chi connectivity index (χ2v) is 7.44. The van der Waals surface area contributed by atoms with Crippen LogP contribution in [-0.2, 0) is 19.3 Å². The molecular formula is C17H34N2O8. The van der Waals surface area contributed by atoms with Gasteiger partial charge in [-0.3, -0.25) is 0 Å². The van der Waals surface area contributed by atoms with Gasteiger partial charge in [0, 0.05) is 13.1 Å². The van der Waals surface area contributed by atoms with Gasteiger partial charge in [0.2, 0.25) is 0 Å². The number of aliphatic hydroxyl groups excluding tert-OH is 4. The third-order valence-electron chi connectivity index (χ3n) is 4.08. The molecule has 10 heteroatoms. The van der Waals surface area contributed by atoms with E-state index < -0.39 is 50.2 Å². The van der Waals surface area contributed by atoms with Crippen molar-refractivity contribution in [2.24, 2.45) is 23.2 Å². The topological polar surface area (TPSA) is 158 Å². The molecule has 0 spiro atoms. The summed E-state index contributed by atoms with van der Waals surface area (Å²) in [6, 6.07) is 0. The Morgan fingerprint density at radius 1 is 0.889 bits per heavy atom. The van der Waals surface area contributed by atoms with Crippen LogP contribution in [0.1, 0.15) is 33.6 Å². The van der Waals surface area contributed by atoms with Crippen molar-refractivity contribution in [3.63, 3.8) is 0 Å². The van der Waals surface area contributed by atoms with Crippen LogP contribution in [0.5, 0.6) is 0 Å². The summed E-state index contributed by atoms with van der Waals surface area (Å²) < 4.78 is 0. The second kappa shape index (κ2) is 13.8. The van der Waals surface area contributed by atoms with E-state index in [9.17, 15) is 9.59 Å². The lowest BCUT2D eigenvalue weighted by Gasteiger charge is -2.28. The fourth-order valence-corrected chi connectivity index (χ4v) is 2.43. The maximum Gasteiger partial charge on any atom is 0.332 e. The molecule has 0 amide bonds. The van der Waals surface area contributed by atoms with Gasteiger partial charge in [0.15, 0.2) is 0 Å². The van der Waals surface area contributed by atoms with Gasteiger partial charge in [-0.15, -0.1) is 0 Å². The van der Waals surface area contributed by atoms with Crippen LogP contribution in [0, 0.1) is 23.2 Å². The SMILES string of the molecule is CC(CCNOC(=O)C(CO)CO)CC(C)(C)CNOC(=O)C(CO)CO. The molecular weight excluding hydrogens is 360 g/mol. The van der Waals surface area contributed by atoms with Crippen molar-refractivity contribution < 1.29 is 39.7 Å². The normalized spacial score (nSPS) is 13.1. The monoisotopic (exact) mass is 394 g/mol. The van der Waals surface area contributed by atoms with E-state index in [4.69, 9.17) is 30.1 Å². The third-order valence-corrected chi connectivity index (χ3v) is 4.08. The first kappa shape index (κ1) is 25.7. The lowest BCUT2D eigenvalue weighted by Crippen LogP contribution is -2.36. The first-order valence-corrected chi connectivity index (χ1v) is 9.01. The standard InChI is InChI=1S/C17H34N2O8/c1-12(4-5-18-26-15(24)13(7-20)8-21)6-17(2,3)11-19-27-16(25)14(9-22)10-23/h12-14,18-23H,4-11H2,1-3H3. The van der Waals surface area contributed by atoms with Crippen molar-refractivity contribution in [2.45, 2.75) is 33.6 Å². The molecule has 0 radical (unpaired) electrons. The molecule has 0 aromatic rings. The summed E-state index contributed by atoms with van der Waals surface area (Å²) in [6.07, 6.45) is 1.52. The molecule has 0 rings (SSSR count). The van der Waals surface area contributed by atoms with Crippen LogP contribution in [0.3, 0.4) is 0 Å². The molecule has 0 saturated heterocycles. The van der Waals surface area contributed by atoms with Gasteiger partial charge < -0.3 is 30.1 Å². The van der Waals surface area contributed by atoms with Gasteiger partial charge in [-0.1, -0.05) is 20.8 Å². The smallest absolute Gasteiger partial charge is 0.332 e. The Morgan fingerprint density at radius 3 is 1.78 bits per heavy atom. The molecule has 10 nitrogen and oxygen atoms in total. The zero-order valence-electron chi connectivity index (χ0n) is 16.3. The van der Waals surface area contributed by atoms with Crippen LogP contribution in [0.2, 0.25) is 0 Å². The Bertz CT molecular complexity index is 425. The van der Waals surface area contributed by atoms with E-state index in [-0.39, 0.29) is 11.3 Å². The number of nitrogens with one attached hydrogen (secondary N) is 2.